The Hall–Kier alpha value is -6.18. The van der Waals surface area contributed by atoms with Gasteiger partial charge in [-0.15, -0.1) is 0 Å². The van der Waals surface area contributed by atoms with Crippen molar-refractivity contribution in [3.63, 3.8) is 0 Å². The van der Waals surface area contributed by atoms with Crippen molar-refractivity contribution in [2.75, 3.05) is 11.5 Å². The van der Waals surface area contributed by atoms with Crippen LogP contribution in [0.5, 0.6) is 0 Å². The van der Waals surface area contributed by atoms with Crippen molar-refractivity contribution in [1.29, 1.82) is 0 Å². The van der Waals surface area contributed by atoms with Crippen LogP contribution in [0.2, 0.25) is 0 Å². The predicted molar refractivity (Wildman–Crippen MR) is 154 cm³/mol. The minimum atomic E-state index is -0.824. The standard InChI is InChI=1S/C13H14N2.C10H2O6.C8H4O6/c14-12-5-1-10(2-6-12)9-11-3-7-13(15)8-4-11;11-7-3-1-4-6(10(14)16-8(4)12)2-5(3)9(13)15-7;9-5-1-2(6(10)13-5)4-3(1)7(11)14-8(4)12/h1-8H,9,14-15H2;1-2H;1-4H. The Bertz CT molecular complexity index is 1970. The summed E-state index contributed by atoms with van der Waals surface area (Å²) in [5.41, 5.74) is 12.1. The molecule has 14 heteroatoms. The zero-order valence-corrected chi connectivity index (χ0v) is 22.8. The zero-order valence-electron chi connectivity index (χ0n) is 22.8. The van der Waals surface area contributed by atoms with Crippen LogP contribution in [0, 0.1) is 23.7 Å². The number of hydrogen-bond donors (Lipinski definition) is 2. The first-order valence-electron chi connectivity index (χ1n) is 13.3. The van der Waals surface area contributed by atoms with Gasteiger partial charge < -0.3 is 29.8 Å². The molecule has 3 aromatic carbocycles. The summed E-state index contributed by atoms with van der Waals surface area (Å²) in [4.78, 5) is 89.1. The first kappa shape index (κ1) is 28.9. The normalized spacial score (nSPS) is 21.2. The van der Waals surface area contributed by atoms with Gasteiger partial charge in [0.2, 0.25) is 0 Å². The highest BCUT2D eigenvalue weighted by atomic mass is 16.6. The van der Waals surface area contributed by atoms with Gasteiger partial charge in [-0.1, -0.05) is 24.3 Å². The van der Waals surface area contributed by atoms with Gasteiger partial charge in [0.15, 0.2) is 0 Å². The minimum Gasteiger partial charge on any atom is -0.399 e. The first-order chi connectivity index (χ1) is 21.4. The molecular weight excluding hydrogens is 592 g/mol. The lowest BCUT2D eigenvalue weighted by Crippen LogP contribution is -2.50. The molecule has 3 aliphatic rings. The van der Waals surface area contributed by atoms with Crippen molar-refractivity contribution >= 4 is 56.8 Å². The van der Waals surface area contributed by atoms with E-state index in [1.54, 1.807) is 0 Å². The summed E-state index contributed by atoms with van der Waals surface area (Å²) in [6.45, 7) is 0. The average Bonchev–Trinajstić information content (AvgIpc) is 3.59. The maximum absolute atomic E-state index is 11.2. The molecule has 0 amide bonds. The molecule has 4 heterocycles. The molecule has 2 aliphatic heterocycles. The van der Waals surface area contributed by atoms with E-state index in [-0.39, 0.29) is 21.5 Å². The first-order valence-corrected chi connectivity index (χ1v) is 13.3. The van der Waals surface area contributed by atoms with Crippen LogP contribution in [0.4, 0.5) is 11.4 Å². The fourth-order valence-electron chi connectivity index (χ4n) is 5.56. The number of benzene rings is 3. The maximum atomic E-state index is 11.2. The molecule has 3 fully saturated rings. The van der Waals surface area contributed by atoms with E-state index in [0.717, 1.165) is 29.9 Å². The second-order valence-corrected chi connectivity index (χ2v) is 10.5. The summed E-state index contributed by atoms with van der Waals surface area (Å²) in [5, 5.41) is -0.0726. The maximum Gasteiger partial charge on any atom is 0.346 e. The summed E-state index contributed by atoms with van der Waals surface area (Å²) < 4.78 is 17.4. The van der Waals surface area contributed by atoms with Crippen LogP contribution in [0.15, 0.2) is 88.7 Å². The fourth-order valence-corrected chi connectivity index (χ4v) is 5.56. The van der Waals surface area contributed by atoms with Crippen molar-refractivity contribution in [3.8, 4) is 0 Å². The number of cyclic esters (lactones) is 4. The highest BCUT2D eigenvalue weighted by Crippen LogP contribution is 2.54. The van der Waals surface area contributed by atoms with E-state index in [4.69, 9.17) is 11.5 Å². The van der Waals surface area contributed by atoms with Crippen molar-refractivity contribution in [1.82, 2.24) is 0 Å². The van der Waals surface area contributed by atoms with Gasteiger partial charge in [-0.3, -0.25) is 19.2 Å². The van der Waals surface area contributed by atoms with Crippen LogP contribution < -0.4 is 34.0 Å². The van der Waals surface area contributed by atoms with Gasteiger partial charge in [0, 0.05) is 11.4 Å². The molecule has 8 rings (SSSR count). The third kappa shape index (κ3) is 5.07. The van der Waals surface area contributed by atoms with E-state index in [1.807, 2.05) is 48.5 Å². The van der Waals surface area contributed by atoms with Crippen LogP contribution >= 0.6 is 0 Å². The van der Waals surface area contributed by atoms with Gasteiger partial charge in [0.25, 0.3) is 0 Å². The summed E-state index contributed by atoms with van der Waals surface area (Å²) in [6.07, 6.45) is 0.917. The number of hydrogen-bond acceptors (Lipinski definition) is 14. The lowest BCUT2D eigenvalue weighted by Gasteiger charge is -2.33. The van der Waals surface area contributed by atoms with Crippen LogP contribution in [0.25, 0.3) is 21.5 Å². The monoisotopic (exact) mass is 612 g/mol. The van der Waals surface area contributed by atoms with Gasteiger partial charge >= 0.3 is 46.4 Å². The minimum absolute atomic E-state index is 0.0181. The lowest BCUT2D eigenvalue weighted by atomic mass is 9.59. The van der Waals surface area contributed by atoms with E-state index >= 15 is 0 Å². The van der Waals surface area contributed by atoms with Crippen LogP contribution in [-0.4, -0.2) is 23.9 Å². The van der Waals surface area contributed by atoms with Crippen LogP contribution in [0.1, 0.15) is 11.1 Å². The van der Waals surface area contributed by atoms with Crippen LogP contribution in [0.3, 0.4) is 0 Å². The number of ether oxygens (including phenoxy) is 2. The molecule has 0 bridgehead atoms. The Balaban J connectivity index is 0.000000119. The van der Waals surface area contributed by atoms with Gasteiger partial charge in [-0.25, -0.2) is 19.2 Å². The number of anilines is 2. The van der Waals surface area contributed by atoms with E-state index < -0.39 is 70.1 Å². The molecule has 0 radical (unpaired) electrons. The average molecular weight is 613 g/mol. The third-order valence-electron chi connectivity index (χ3n) is 7.81. The molecule has 2 aromatic heterocycles. The Kier molecular flexibility index (Phi) is 6.96. The number of carbonyl (C=O) groups excluding carboxylic acids is 4. The summed E-state index contributed by atoms with van der Waals surface area (Å²) in [5.74, 6) is -6.00. The molecule has 226 valence electrons. The van der Waals surface area contributed by atoms with E-state index in [2.05, 4.69) is 18.3 Å². The van der Waals surface area contributed by atoms with Crippen molar-refractivity contribution < 1.29 is 37.5 Å². The highest BCUT2D eigenvalue weighted by molar-refractivity contribution is 6.10. The molecular formula is C31H20N2O12. The Labute approximate surface area is 249 Å². The van der Waals surface area contributed by atoms with E-state index in [0.29, 0.717) is 0 Å². The molecule has 45 heavy (non-hydrogen) atoms. The van der Waals surface area contributed by atoms with E-state index in [9.17, 15) is 38.4 Å². The number of esters is 4. The van der Waals surface area contributed by atoms with Gasteiger partial charge in [-0.2, -0.15) is 0 Å². The largest absolute Gasteiger partial charge is 0.399 e. The Morgan fingerprint density at radius 2 is 0.711 bits per heavy atom. The molecule has 1 saturated carbocycles. The van der Waals surface area contributed by atoms with Gasteiger partial charge in [0.1, 0.15) is 0 Å². The predicted octanol–water partition coefficient (Wildman–Crippen LogP) is 0.569. The Morgan fingerprint density at radius 3 is 0.978 bits per heavy atom. The molecule has 5 aromatic rings. The van der Waals surface area contributed by atoms with Crippen molar-refractivity contribution in [2.24, 2.45) is 23.7 Å². The summed E-state index contributed by atoms with van der Waals surface area (Å²) >= 11 is 0. The molecule has 0 spiro atoms. The molecule has 1 aliphatic carbocycles. The summed E-state index contributed by atoms with van der Waals surface area (Å²) in [7, 11) is 0. The van der Waals surface area contributed by atoms with Crippen molar-refractivity contribution in [3.05, 3.63) is 113 Å². The summed E-state index contributed by atoms with van der Waals surface area (Å²) in [6, 6.07) is 18.2. The van der Waals surface area contributed by atoms with Crippen LogP contribution in [-0.2, 0) is 35.1 Å². The highest BCUT2D eigenvalue weighted by Gasteiger charge is 2.72. The number of carbonyl (C=O) groups is 4. The fraction of sp³-hybridized carbons (Fsp3) is 0.161. The number of nitrogens with two attached hydrogens (primary N) is 2. The van der Waals surface area contributed by atoms with Gasteiger partial charge in [-0.05, 0) is 53.9 Å². The molecule has 14 nitrogen and oxygen atoms in total. The number of rotatable bonds is 2. The second kappa shape index (κ2) is 10.8. The Morgan fingerprint density at radius 1 is 0.444 bits per heavy atom. The number of fused-ring (bicyclic) bond motifs is 6. The third-order valence-corrected chi connectivity index (χ3v) is 7.81. The number of nitrogen functional groups attached to an aromatic ring is 2. The molecule has 2 saturated heterocycles. The quantitative estimate of drug-likeness (QED) is 0.158. The zero-order chi connectivity index (χ0) is 32.2. The van der Waals surface area contributed by atoms with E-state index in [1.165, 1.54) is 11.1 Å². The van der Waals surface area contributed by atoms with Crippen molar-refractivity contribution in [2.45, 2.75) is 6.42 Å². The topological polar surface area (TPSA) is 233 Å². The smallest absolute Gasteiger partial charge is 0.346 e. The lowest BCUT2D eigenvalue weighted by molar-refractivity contribution is -0.158. The second-order valence-electron chi connectivity index (χ2n) is 10.5. The number of furan rings is 2. The molecule has 0 unspecified atom stereocenters. The SMILES string of the molecule is Nc1ccc(Cc2ccc(N)cc2)cc1.O=C1OC(=O)C2C1C1C(=O)OC(=O)C21.O=c1oc(=O)c2cc3c(=O)oc(=O)c3cc12. The molecule has 4 N–H and O–H groups in total. The van der Waals surface area contributed by atoms with Gasteiger partial charge in [0.05, 0.1) is 45.2 Å². The molecule has 0 atom stereocenters.